The first-order valence-electron chi connectivity index (χ1n) is 4.85. The highest BCUT2D eigenvalue weighted by Crippen LogP contribution is 2.25. The van der Waals surface area contributed by atoms with Crippen LogP contribution in [-0.4, -0.2) is 22.2 Å². The molecule has 0 amide bonds. The van der Waals surface area contributed by atoms with Gasteiger partial charge < -0.3 is 10.2 Å². The summed E-state index contributed by atoms with van der Waals surface area (Å²) in [6, 6.07) is 2.18. The molecule has 90 valence electrons. The van der Waals surface area contributed by atoms with E-state index in [2.05, 4.69) is 0 Å². The number of hydrogen-bond donors (Lipinski definition) is 2. The minimum atomic E-state index is -1.26. The van der Waals surface area contributed by atoms with Gasteiger partial charge in [0, 0.05) is 5.88 Å². The molecule has 2 N–H and O–H groups in total. The zero-order chi connectivity index (χ0) is 12.3. The molecule has 0 aromatic heterocycles. The Hall–Kier alpha value is -0.710. The third-order valence-corrected chi connectivity index (χ3v) is 2.69. The van der Waals surface area contributed by atoms with Gasteiger partial charge in [0.05, 0.1) is 6.10 Å². The molecule has 0 spiro atoms. The average molecular weight is 251 g/mol. The van der Waals surface area contributed by atoms with Crippen LogP contribution in [-0.2, 0) is 0 Å². The Labute approximate surface area is 97.5 Å². The van der Waals surface area contributed by atoms with E-state index in [1.54, 1.807) is 0 Å². The molecular formula is C11H13ClF2O2. The van der Waals surface area contributed by atoms with Crippen LogP contribution in [0.1, 0.15) is 23.7 Å². The lowest BCUT2D eigenvalue weighted by Gasteiger charge is -2.19. The third kappa shape index (κ3) is 2.70. The monoisotopic (exact) mass is 250 g/mol. The molecule has 0 aliphatic rings. The summed E-state index contributed by atoms with van der Waals surface area (Å²) in [5, 5.41) is 19.2. The van der Waals surface area contributed by atoms with Gasteiger partial charge in [-0.15, -0.1) is 11.6 Å². The molecular weight excluding hydrogens is 238 g/mol. The van der Waals surface area contributed by atoms with E-state index in [1.807, 2.05) is 0 Å². The largest absolute Gasteiger partial charge is 0.390 e. The normalized spacial score (nSPS) is 14.9. The molecule has 0 saturated heterocycles. The first kappa shape index (κ1) is 13.4. The minimum Gasteiger partial charge on any atom is -0.390 e. The van der Waals surface area contributed by atoms with Gasteiger partial charge in [0.1, 0.15) is 6.10 Å². The summed E-state index contributed by atoms with van der Waals surface area (Å²) >= 11 is 5.42. The average Bonchev–Trinajstić information content (AvgIpc) is 2.26. The predicted octanol–water partition coefficient (Wildman–Crippen LogP) is 2.30. The summed E-state index contributed by atoms with van der Waals surface area (Å²) in [6.45, 7) is 1.35. The van der Waals surface area contributed by atoms with Crippen molar-refractivity contribution in [2.45, 2.75) is 25.6 Å². The minimum absolute atomic E-state index is 0.00104. The Morgan fingerprint density at radius 2 is 1.94 bits per heavy atom. The molecule has 0 bridgehead atoms. The van der Waals surface area contributed by atoms with Crippen molar-refractivity contribution in [3.63, 3.8) is 0 Å². The molecule has 1 aromatic carbocycles. The van der Waals surface area contributed by atoms with Crippen LogP contribution in [0.2, 0.25) is 0 Å². The summed E-state index contributed by atoms with van der Waals surface area (Å²) < 4.78 is 26.0. The molecule has 0 heterocycles. The van der Waals surface area contributed by atoms with Crippen LogP contribution in [0.3, 0.4) is 0 Å². The lowest BCUT2D eigenvalue weighted by Crippen LogP contribution is -2.20. The number of rotatable bonds is 4. The molecule has 16 heavy (non-hydrogen) atoms. The summed E-state index contributed by atoms with van der Waals surface area (Å²) in [5.74, 6) is -1.80. The van der Waals surface area contributed by atoms with Crippen LogP contribution >= 0.6 is 11.6 Å². The second-order valence-electron chi connectivity index (χ2n) is 3.57. The van der Waals surface area contributed by atoms with E-state index < -0.39 is 23.8 Å². The third-order valence-electron chi connectivity index (χ3n) is 2.47. The maximum atomic E-state index is 13.2. The summed E-state index contributed by atoms with van der Waals surface area (Å²) in [4.78, 5) is 0. The fraction of sp³-hybridized carbons (Fsp3) is 0.455. The Morgan fingerprint density at radius 1 is 1.31 bits per heavy atom. The topological polar surface area (TPSA) is 40.5 Å². The highest BCUT2D eigenvalue weighted by atomic mass is 35.5. The van der Waals surface area contributed by atoms with Gasteiger partial charge in [0.15, 0.2) is 11.6 Å². The second-order valence-corrected chi connectivity index (χ2v) is 3.94. The van der Waals surface area contributed by atoms with E-state index in [0.29, 0.717) is 0 Å². The fourth-order valence-corrected chi connectivity index (χ4v) is 1.69. The van der Waals surface area contributed by atoms with E-state index in [9.17, 15) is 19.0 Å². The number of benzene rings is 1. The van der Waals surface area contributed by atoms with Gasteiger partial charge in [-0.25, -0.2) is 8.78 Å². The van der Waals surface area contributed by atoms with Crippen LogP contribution in [0.25, 0.3) is 0 Å². The van der Waals surface area contributed by atoms with Crippen molar-refractivity contribution in [1.29, 1.82) is 0 Å². The molecule has 2 atom stereocenters. The number of halogens is 3. The van der Waals surface area contributed by atoms with Crippen molar-refractivity contribution in [2.24, 2.45) is 0 Å². The van der Waals surface area contributed by atoms with Crippen LogP contribution in [0.5, 0.6) is 0 Å². The molecule has 1 aromatic rings. The van der Waals surface area contributed by atoms with Crippen molar-refractivity contribution in [2.75, 3.05) is 5.88 Å². The van der Waals surface area contributed by atoms with Gasteiger partial charge in [-0.2, -0.15) is 0 Å². The predicted molar refractivity (Wildman–Crippen MR) is 57.4 cm³/mol. The SMILES string of the molecule is Cc1c(C(O)C(O)CCCl)ccc(F)c1F. The standard InChI is InChI=1S/C11H13ClF2O2/c1-6-7(2-3-8(13)10(6)14)11(16)9(15)4-5-12/h2-3,9,11,15-16H,4-5H2,1H3. The number of aliphatic hydroxyl groups is 2. The van der Waals surface area contributed by atoms with Crippen molar-refractivity contribution < 1.29 is 19.0 Å². The van der Waals surface area contributed by atoms with E-state index >= 15 is 0 Å². The maximum absolute atomic E-state index is 13.2. The number of aliphatic hydroxyl groups excluding tert-OH is 2. The van der Waals surface area contributed by atoms with Gasteiger partial charge in [0.2, 0.25) is 0 Å². The maximum Gasteiger partial charge on any atom is 0.162 e. The zero-order valence-corrected chi connectivity index (χ0v) is 9.51. The molecule has 0 aliphatic carbocycles. The fourth-order valence-electron chi connectivity index (χ4n) is 1.46. The van der Waals surface area contributed by atoms with Gasteiger partial charge in [-0.05, 0) is 30.5 Å². The molecule has 0 aliphatic heterocycles. The number of alkyl halides is 1. The molecule has 0 saturated carbocycles. The quantitative estimate of drug-likeness (QED) is 0.805. The van der Waals surface area contributed by atoms with E-state index in [0.717, 1.165) is 6.07 Å². The Bertz CT molecular complexity index is 371. The zero-order valence-electron chi connectivity index (χ0n) is 8.75. The van der Waals surface area contributed by atoms with Crippen LogP contribution < -0.4 is 0 Å². The van der Waals surface area contributed by atoms with Crippen molar-refractivity contribution in [1.82, 2.24) is 0 Å². The number of hydrogen-bond acceptors (Lipinski definition) is 2. The van der Waals surface area contributed by atoms with Crippen LogP contribution in [0.15, 0.2) is 12.1 Å². The molecule has 2 nitrogen and oxygen atoms in total. The van der Waals surface area contributed by atoms with Gasteiger partial charge in [-0.1, -0.05) is 6.07 Å². The highest BCUT2D eigenvalue weighted by molar-refractivity contribution is 6.17. The molecule has 0 radical (unpaired) electrons. The van der Waals surface area contributed by atoms with Crippen molar-refractivity contribution in [3.05, 3.63) is 34.9 Å². The molecule has 1 rings (SSSR count). The van der Waals surface area contributed by atoms with Gasteiger partial charge >= 0.3 is 0 Å². The highest BCUT2D eigenvalue weighted by Gasteiger charge is 2.22. The second kappa shape index (κ2) is 5.57. The first-order chi connectivity index (χ1) is 7.49. The molecule has 0 fully saturated rings. The summed E-state index contributed by atoms with van der Waals surface area (Å²) in [7, 11) is 0. The summed E-state index contributed by atoms with van der Waals surface area (Å²) in [6.07, 6.45) is -2.16. The van der Waals surface area contributed by atoms with Gasteiger partial charge in [-0.3, -0.25) is 0 Å². The first-order valence-corrected chi connectivity index (χ1v) is 5.39. The molecule has 5 heteroatoms. The van der Waals surface area contributed by atoms with Gasteiger partial charge in [0.25, 0.3) is 0 Å². The lowest BCUT2D eigenvalue weighted by molar-refractivity contribution is 0.0164. The van der Waals surface area contributed by atoms with E-state index in [4.69, 9.17) is 11.6 Å². The van der Waals surface area contributed by atoms with E-state index in [1.165, 1.54) is 13.0 Å². The van der Waals surface area contributed by atoms with Crippen LogP contribution in [0, 0.1) is 18.6 Å². The summed E-state index contributed by atoms with van der Waals surface area (Å²) in [5.41, 5.74) is 0.178. The lowest BCUT2D eigenvalue weighted by atomic mass is 9.98. The smallest absolute Gasteiger partial charge is 0.162 e. The van der Waals surface area contributed by atoms with Crippen molar-refractivity contribution in [3.8, 4) is 0 Å². The molecule has 2 unspecified atom stereocenters. The Kier molecular flexibility index (Phi) is 4.65. The van der Waals surface area contributed by atoms with E-state index in [-0.39, 0.29) is 23.4 Å². The van der Waals surface area contributed by atoms with Crippen LogP contribution in [0.4, 0.5) is 8.78 Å². The van der Waals surface area contributed by atoms with Crippen molar-refractivity contribution >= 4 is 11.6 Å². The Balaban J connectivity index is 3.00. The Morgan fingerprint density at radius 3 is 2.50 bits per heavy atom.